The van der Waals surface area contributed by atoms with Crippen LogP contribution in [0.1, 0.15) is 31.1 Å². The molecule has 0 aliphatic rings. The summed E-state index contributed by atoms with van der Waals surface area (Å²) < 4.78 is 2.15. The molecule has 0 aliphatic carbocycles. The summed E-state index contributed by atoms with van der Waals surface area (Å²) in [6.45, 7) is 6.33. The average molecular weight is 372 g/mol. The van der Waals surface area contributed by atoms with Crippen LogP contribution >= 0.6 is 0 Å². The Kier molecular flexibility index (Phi) is 4.19. The van der Waals surface area contributed by atoms with E-state index in [9.17, 15) is 9.90 Å². The Balaban J connectivity index is 1.95. The predicted molar refractivity (Wildman–Crippen MR) is 108 cm³/mol. The SMILES string of the molecule is CC(C)(C)n1c(-c2cccc(C(=O)O)c2)nc2cc(-c3cncnc3)ccc21. The highest BCUT2D eigenvalue weighted by atomic mass is 16.4. The van der Waals surface area contributed by atoms with E-state index < -0.39 is 5.97 Å². The quantitative estimate of drug-likeness (QED) is 0.568. The molecule has 0 fully saturated rings. The van der Waals surface area contributed by atoms with Gasteiger partial charge in [-0.25, -0.2) is 19.7 Å². The van der Waals surface area contributed by atoms with Gasteiger partial charge in [0, 0.05) is 29.1 Å². The highest BCUT2D eigenvalue weighted by Crippen LogP contribution is 2.33. The third-order valence-corrected chi connectivity index (χ3v) is 4.59. The molecule has 2 aromatic heterocycles. The molecule has 0 amide bonds. The number of hydrogen-bond donors (Lipinski definition) is 1. The van der Waals surface area contributed by atoms with E-state index >= 15 is 0 Å². The van der Waals surface area contributed by atoms with Gasteiger partial charge in [0.1, 0.15) is 12.2 Å². The number of aromatic nitrogens is 4. The molecule has 0 saturated heterocycles. The van der Waals surface area contributed by atoms with Crippen molar-refractivity contribution in [3.63, 3.8) is 0 Å². The summed E-state index contributed by atoms with van der Waals surface area (Å²) >= 11 is 0. The molecule has 2 heterocycles. The molecule has 6 heteroatoms. The molecule has 28 heavy (non-hydrogen) atoms. The molecule has 2 aromatic carbocycles. The molecule has 0 bridgehead atoms. The number of hydrogen-bond acceptors (Lipinski definition) is 4. The van der Waals surface area contributed by atoms with Crippen molar-refractivity contribution in [1.29, 1.82) is 0 Å². The van der Waals surface area contributed by atoms with Crippen LogP contribution < -0.4 is 0 Å². The number of aromatic carboxylic acids is 1. The largest absolute Gasteiger partial charge is 0.478 e. The Hall–Kier alpha value is -3.54. The third-order valence-electron chi connectivity index (χ3n) is 4.59. The normalized spacial score (nSPS) is 11.7. The molecule has 4 aromatic rings. The molecule has 0 saturated carbocycles. The summed E-state index contributed by atoms with van der Waals surface area (Å²) in [6.07, 6.45) is 5.04. The second-order valence-corrected chi connectivity index (χ2v) is 7.66. The molecular weight excluding hydrogens is 352 g/mol. The number of carbonyl (C=O) groups is 1. The van der Waals surface area contributed by atoms with E-state index in [2.05, 4.69) is 35.3 Å². The van der Waals surface area contributed by atoms with Gasteiger partial charge in [-0.3, -0.25) is 0 Å². The Labute approximate surface area is 162 Å². The summed E-state index contributed by atoms with van der Waals surface area (Å²) in [4.78, 5) is 24.4. The van der Waals surface area contributed by atoms with E-state index in [1.165, 1.54) is 6.33 Å². The fourth-order valence-electron chi connectivity index (χ4n) is 3.37. The molecular formula is C22H20N4O2. The minimum atomic E-state index is -0.952. The van der Waals surface area contributed by atoms with Crippen molar-refractivity contribution in [3.8, 4) is 22.5 Å². The van der Waals surface area contributed by atoms with Crippen LogP contribution in [0.2, 0.25) is 0 Å². The van der Waals surface area contributed by atoms with Gasteiger partial charge in [-0.1, -0.05) is 18.2 Å². The molecule has 6 nitrogen and oxygen atoms in total. The van der Waals surface area contributed by atoms with Gasteiger partial charge in [0.2, 0.25) is 0 Å². The molecule has 0 atom stereocenters. The van der Waals surface area contributed by atoms with Crippen LogP contribution in [-0.4, -0.2) is 30.6 Å². The first-order chi connectivity index (χ1) is 13.3. The highest BCUT2D eigenvalue weighted by molar-refractivity contribution is 5.90. The molecule has 4 rings (SSSR count). The average Bonchev–Trinajstić information content (AvgIpc) is 3.08. The van der Waals surface area contributed by atoms with Crippen LogP contribution in [-0.2, 0) is 5.54 Å². The summed E-state index contributed by atoms with van der Waals surface area (Å²) in [5, 5.41) is 9.35. The van der Waals surface area contributed by atoms with Gasteiger partial charge < -0.3 is 9.67 Å². The topological polar surface area (TPSA) is 80.9 Å². The molecule has 0 spiro atoms. The minimum absolute atomic E-state index is 0.235. The van der Waals surface area contributed by atoms with Gasteiger partial charge in [0.05, 0.1) is 16.6 Å². The zero-order chi connectivity index (χ0) is 19.9. The Morgan fingerprint density at radius 1 is 0.964 bits per heavy atom. The van der Waals surface area contributed by atoms with Crippen LogP contribution in [0.5, 0.6) is 0 Å². The van der Waals surface area contributed by atoms with Crippen molar-refractivity contribution in [3.05, 3.63) is 66.7 Å². The lowest BCUT2D eigenvalue weighted by atomic mass is 10.0. The van der Waals surface area contributed by atoms with Gasteiger partial charge in [-0.2, -0.15) is 0 Å². The highest BCUT2D eigenvalue weighted by Gasteiger charge is 2.23. The molecule has 0 unspecified atom stereocenters. The number of rotatable bonds is 3. The Bertz CT molecular complexity index is 1170. The summed E-state index contributed by atoms with van der Waals surface area (Å²) in [7, 11) is 0. The smallest absolute Gasteiger partial charge is 0.335 e. The lowest BCUT2D eigenvalue weighted by molar-refractivity contribution is 0.0697. The lowest BCUT2D eigenvalue weighted by Crippen LogP contribution is -2.22. The summed E-state index contributed by atoms with van der Waals surface area (Å²) in [5.41, 5.74) is 4.51. The third kappa shape index (κ3) is 3.13. The zero-order valence-electron chi connectivity index (χ0n) is 15.9. The van der Waals surface area contributed by atoms with Gasteiger partial charge in [-0.05, 0) is 50.6 Å². The van der Waals surface area contributed by atoms with Crippen molar-refractivity contribution in [1.82, 2.24) is 19.5 Å². The molecule has 0 radical (unpaired) electrons. The molecule has 1 N–H and O–H groups in total. The predicted octanol–water partition coefficient (Wildman–Crippen LogP) is 4.61. The first-order valence-corrected chi connectivity index (χ1v) is 8.97. The number of carboxylic acid groups (broad SMARTS) is 1. The van der Waals surface area contributed by atoms with Gasteiger partial charge in [0.25, 0.3) is 0 Å². The van der Waals surface area contributed by atoms with Crippen LogP contribution in [0.25, 0.3) is 33.5 Å². The second-order valence-electron chi connectivity index (χ2n) is 7.66. The van der Waals surface area contributed by atoms with Crippen LogP contribution in [0.15, 0.2) is 61.2 Å². The fourth-order valence-corrected chi connectivity index (χ4v) is 3.37. The van der Waals surface area contributed by atoms with Gasteiger partial charge in [0.15, 0.2) is 0 Å². The van der Waals surface area contributed by atoms with Crippen LogP contribution in [0.3, 0.4) is 0 Å². The Morgan fingerprint density at radius 2 is 1.71 bits per heavy atom. The van der Waals surface area contributed by atoms with Gasteiger partial charge >= 0.3 is 5.97 Å². The lowest BCUT2D eigenvalue weighted by Gasteiger charge is -2.25. The van der Waals surface area contributed by atoms with Crippen molar-refractivity contribution in [2.45, 2.75) is 26.3 Å². The van der Waals surface area contributed by atoms with Crippen LogP contribution in [0.4, 0.5) is 0 Å². The van der Waals surface area contributed by atoms with Crippen molar-refractivity contribution < 1.29 is 9.90 Å². The summed E-state index contributed by atoms with van der Waals surface area (Å²) in [6, 6.07) is 13.0. The number of fused-ring (bicyclic) bond motifs is 1. The first-order valence-electron chi connectivity index (χ1n) is 8.97. The van der Waals surface area contributed by atoms with Crippen molar-refractivity contribution in [2.75, 3.05) is 0 Å². The van der Waals surface area contributed by atoms with Crippen molar-refractivity contribution in [2.24, 2.45) is 0 Å². The van der Waals surface area contributed by atoms with E-state index in [-0.39, 0.29) is 11.1 Å². The maximum Gasteiger partial charge on any atom is 0.335 e. The van der Waals surface area contributed by atoms with E-state index in [4.69, 9.17) is 4.98 Å². The minimum Gasteiger partial charge on any atom is -0.478 e. The van der Waals surface area contributed by atoms with E-state index in [0.29, 0.717) is 0 Å². The first kappa shape index (κ1) is 17.9. The van der Waals surface area contributed by atoms with Gasteiger partial charge in [-0.15, -0.1) is 0 Å². The number of imidazole rings is 1. The molecule has 0 aliphatic heterocycles. The van der Waals surface area contributed by atoms with E-state index in [1.54, 1.807) is 30.6 Å². The van der Waals surface area contributed by atoms with Crippen LogP contribution in [0, 0.1) is 0 Å². The van der Waals surface area contributed by atoms with E-state index in [0.717, 1.165) is 33.5 Å². The standard InChI is InChI=1S/C22H20N4O2/c1-22(2,3)26-19-8-7-14(17-11-23-13-24-12-17)10-18(19)25-20(26)15-5-4-6-16(9-15)21(27)28/h4-13H,1-3H3,(H,27,28). The Morgan fingerprint density at radius 3 is 2.39 bits per heavy atom. The maximum absolute atomic E-state index is 11.4. The molecule has 140 valence electrons. The monoisotopic (exact) mass is 372 g/mol. The number of benzene rings is 2. The maximum atomic E-state index is 11.4. The second kappa shape index (κ2) is 6.56. The van der Waals surface area contributed by atoms with E-state index in [1.807, 2.05) is 24.3 Å². The van der Waals surface area contributed by atoms with Crippen molar-refractivity contribution >= 4 is 17.0 Å². The zero-order valence-corrected chi connectivity index (χ0v) is 15.9. The fraction of sp³-hybridized carbons (Fsp3) is 0.182. The number of carboxylic acids is 1. The number of nitrogens with zero attached hydrogens (tertiary/aromatic N) is 4. The summed E-state index contributed by atoms with van der Waals surface area (Å²) in [5.74, 6) is -0.210.